The molecule has 0 aliphatic rings. The molecule has 4 heteroatoms. The van der Waals surface area contributed by atoms with Crippen LogP contribution in [-0.4, -0.2) is 33.0 Å². The number of methoxy groups -OCH3 is 2. The molecule has 1 rings (SSSR count). The molecule has 17 heavy (non-hydrogen) atoms. The highest BCUT2D eigenvalue weighted by atomic mass is 16.5. The predicted octanol–water partition coefficient (Wildman–Crippen LogP) is 1.66. The second-order valence-electron chi connectivity index (χ2n) is 3.87. The average Bonchev–Trinajstić information content (AvgIpc) is 2.35. The number of aliphatic hydroxyl groups is 1. The molecule has 2 N–H and O–H groups in total. The maximum Gasteiger partial charge on any atom is 0.130 e. The Morgan fingerprint density at radius 1 is 1.29 bits per heavy atom. The van der Waals surface area contributed by atoms with Gasteiger partial charge in [0.25, 0.3) is 0 Å². The van der Waals surface area contributed by atoms with E-state index in [2.05, 4.69) is 5.32 Å². The van der Waals surface area contributed by atoms with E-state index in [4.69, 9.17) is 14.6 Å². The molecule has 1 unspecified atom stereocenters. The van der Waals surface area contributed by atoms with E-state index in [9.17, 15) is 0 Å². The van der Waals surface area contributed by atoms with Gasteiger partial charge in [-0.05, 0) is 26.5 Å². The first-order valence-corrected chi connectivity index (χ1v) is 5.69. The molecular formula is C13H21NO3. The fourth-order valence-corrected chi connectivity index (χ4v) is 2.05. The minimum atomic E-state index is 0.0829. The maximum atomic E-state index is 9.06. The molecule has 0 aliphatic carbocycles. The van der Waals surface area contributed by atoms with Crippen LogP contribution in [0.5, 0.6) is 11.5 Å². The van der Waals surface area contributed by atoms with Gasteiger partial charge in [0.2, 0.25) is 0 Å². The van der Waals surface area contributed by atoms with Crippen LogP contribution in [0.1, 0.15) is 23.6 Å². The van der Waals surface area contributed by atoms with Gasteiger partial charge in [-0.3, -0.25) is 0 Å². The molecule has 0 fully saturated rings. The van der Waals surface area contributed by atoms with Gasteiger partial charge in [-0.2, -0.15) is 0 Å². The standard InChI is InChI=1S/C13H21NO3/c1-9-12(16-3)6-5-10(13(9)17-4)11(14-2)7-8-15/h5-6,11,14-15H,7-8H2,1-4H3. The van der Waals surface area contributed by atoms with Gasteiger partial charge in [0.1, 0.15) is 11.5 Å². The summed E-state index contributed by atoms with van der Waals surface area (Å²) in [7, 11) is 5.17. The van der Waals surface area contributed by atoms with E-state index in [0.717, 1.165) is 22.6 Å². The highest BCUT2D eigenvalue weighted by Gasteiger charge is 2.17. The highest BCUT2D eigenvalue weighted by Crippen LogP contribution is 2.35. The van der Waals surface area contributed by atoms with E-state index in [0.29, 0.717) is 6.42 Å². The minimum absolute atomic E-state index is 0.0829. The molecule has 1 atom stereocenters. The summed E-state index contributed by atoms with van der Waals surface area (Å²) >= 11 is 0. The van der Waals surface area contributed by atoms with E-state index in [-0.39, 0.29) is 12.6 Å². The topological polar surface area (TPSA) is 50.7 Å². The van der Waals surface area contributed by atoms with Gasteiger partial charge in [-0.15, -0.1) is 0 Å². The maximum absolute atomic E-state index is 9.06. The summed E-state index contributed by atoms with van der Waals surface area (Å²) in [6.07, 6.45) is 0.651. The molecular weight excluding hydrogens is 218 g/mol. The lowest BCUT2D eigenvalue weighted by molar-refractivity contribution is 0.266. The normalized spacial score (nSPS) is 12.3. The zero-order chi connectivity index (χ0) is 12.8. The first kappa shape index (κ1) is 13.8. The van der Waals surface area contributed by atoms with E-state index < -0.39 is 0 Å². The number of rotatable bonds is 6. The smallest absolute Gasteiger partial charge is 0.130 e. The van der Waals surface area contributed by atoms with Crippen LogP contribution in [0.3, 0.4) is 0 Å². The SMILES string of the molecule is CNC(CCO)c1ccc(OC)c(C)c1OC. The lowest BCUT2D eigenvalue weighted by Crippen LogP contribution is -2.18. The van der Waals surface area contributed by atoms with Gasteiger partial charge in [0.15, 0.2) is 0 Å². The molecule has 1 aromatic rings. The number of aliphatic hydroxyl groups excluding tert-OH is 1. The second kappa shape index (κ2) is 6.47. The number of hydrogen-bond acceptors (Lipinski definition) is 4. The molecule has 1 aromatic carbocycles. The third-order valence-corrected chi connectivity index (χ3v) is 2.95. The van der Waals surface area contributed by atoms with Crippen LogP contribution < -0.4 is 14.8 Å². The number of benzene rings is 1. The summed E-state index contributed by atoms with van der Waals surface area (Å²) in [6, 6.07) is 3.98. The van der Waals surface area contributed by atoms with Gasteiger partial charge >= 0.3 is 0 Å². The lowest BCUT2D eigenvalue weighted by Gasteiger charge is -2.21. The van der Waals surface area contributed by atoms with E-state index in [1.165, 1.54) is 0 Å². The molecule has 0 aliphatic heterocycles. The molecule has 0 saturated carbocycles. The number of nitrogens with one attached hydrogen (secondary N) is 1. The Bertz CT molecular complexity index is 366. The third-order valence-electron chi connectivity index (χ3n) is 2.95. The number of hydrogen-bond donors (Lipinski definition) is 2. The van der Waals surface area contributed by atoms with Crippen molar-refractivity contribution in [2.24, 2.45) is 0 Å². The monoisotopic (exact) mass is 239 g/mol. The summed E-state index contributed by atoms with van der Waals surface area (Å²) < 4.78 is 10.7. The number of ether oxygens (including phenoxy) is 2. The fraction of sp³-hybridized carbons (Fsp3) is 0.538. The van der Waals surface area contributed by atoms with E-state index >= 15 is 0 Å². The van der Waals surface area contributed by atoms with Crippen molar-refractivity contribution in [1.29, 1.82) is 0 Å². The van der Waals surface area contributed by atoms with Crippen molar-refractivity contribution in [3.63, 3.8) is 0 Å². The highest BCUT2D eigenvalue weighted by molar-refractivity contribution is 5.50. The van der Waals surface area contributed by atoms with Crippen molar-refractivity contribution in [2.45, 2.75) is 19.4 Å². The summed E-state index contributed by atoms with van der Waals surface area (Å²) in [5.41, 5.74) is 2.02. The molecule has 0 amide bonds. The van der Waals surface area contributed by atoms with Gasteiger partial charge in [-0.1, -0.05) is 6.07 Å². The van der Waals surface area contributed by atoms with Crippen molar-refractivity contribution < 1.29 is 14.6 Å². The summed E-state index contributed by atoms with van der Waals surface area (Å²) in [5.74, 6) is 1.63. The summed E-state index contributed by atoms with van der Waals surface area (Å²) in [6.45, 7) is 2.10. The van der Waals surface area contributed by atoms with Gasteiger partial charge in [0, 0.05) is 23.8 Å². The third kappa shape index (κ3) is 2.90. The molecule has 0 radical (unpaired) electrons. The van der Waals surface area contributed by atoms with Crippen LogP contribution in [-0.2, 0) is 0 Å². The first-order valence-electron chi connectivity index (χ1n) is 5.69. The molecule has 4 nitrogen and oxygen atoms in total. The largest absolute Gasteiger partial charge is 0.496 e. The average molecular weight is 239 g/mol. The molecule has 0 heterocycles. The van der Waals surface area contributed by atoms with Gasteiger partial charge < -0.3 is 19.9 Å². The van der Waals surface area contributed by atoms with Crippen molar-refractivity contribution in [1.82, 2.24) is 5.32 Å². The van der Waals surface area contributed by atoms with Crippen LogP contribution in [0, 0.1) is 6.92 Å². The summed E-state index contributed by atoms with van der Waals surface area (Å²) in [5, 5.41) is 12.2. The molecule has 0 bridgehead atoms. The lowest BCUT2D eigenvalue weighted by atomic mass is 9.99. The van der Waals surface area contributed by atoms with Crippen molar-refractivity contribution in [3.8, 4) is 11.5 Å². The second-order valence-corrected chi connectivity index (χ2v) is 3.87. The van der Waals surface area contributed by atoms with Crippen molar-refractivity contribution in [3.05, 3.63) is 23.3 Å². The zero-order valence-corrected chi connectivity index (χ0v) is 10.9. The van der Waals surface area contributed by atoms with Gasteiger partial charge in [0.05, 0.1) is 14.2 Å². The Hall–Kier alpha value is -1.26. The molecule has 0 spiro atoms. The van der Waals surface area contributed by atoms with Crippen LogP contribution in [0.2, 0.25) is 0 Å². The van der Waals surface area contributed by atoms with Gasteiger partial charge in [-0.25, -0.2) is 0 Å². The van der Waals surface area contributed by atoms with E-state index in [1.54, 1.807) is 14.2 Å². The first-order chi connectivity index (χ1) is 8.19. The Morgan fingerprint density at radius 2 is 2.00 bits per heavy atom. The summed E-state index contributed by atoms with van der Waals surface area (Å²) in [4.78, 5) is 0. The van der Waals surface area contributed by atoms with Crippen LogP contribution in [0.15, 0.2) is 12.1 Å². The Balaban J connectivity index is 3.18. The zero-order valence-electron chi connectivity index (χ0n) is 10.9. The fourth-order valence-electron chi connectivity index (χ4n) is 2.05. The van der Waals surface area contributed by atoms with E-state index in [1.807, 2.05) is 26.1 Å². The Labute approximate surface area is 103 Å². The molecule has 0 saturated heterocycles. The Kier molecular flexibility index (Phi) is 5.25. The Morgan fingerprint density at radius 3 is 2.47 bits per heavy atom. The van der Waals surface area contributed by atoms with Crippen LogP contribution in [0.4, 0.5) is 0 Å². The molecule has 96 valence electrons. The predicted molar refractivity (Wildman–Crippen MR) is 67.8 cm³/mol. The van der Waals surface area contributed by atoms with Crippen molar-refractivity contribution in [2.75, 3.05) is 27.9 Å². The van der Waals surface area contributed by atoms with Crippen LogP contribution in [0.25, 0.3) is 0 Å². The quantitative estimate of drug-likeness (QED) is 0.792. The minimum Gasteiger partial charge on any atom is -0.496 e. The molecule has 0 aromatic heterocycles. The van der Waals surface area contributed by atoms with Crippen molar-refractivity contribution >= 4 is 0 Å². The van der Waals surface area contributed by atoms with Crippen LogP contribution >= 0.6 is 0 Å².